The smallest absolute Gasteiger partial charge is 0.229 e. The van der Waals surface area contributed by atoms with E-state index < -0.39 is 0 Å². The van der Waals surface area contributed by atoms with Crippen molar-refractivity contribution >= 4 is 23.6 Å². The number of hydrogen-bond donors (Lipinski definition) is 1. The number of carbonyl (C=O) groups excluding carboxylic acids is 4. The van der Waals surface area contributed by atoms with Crippen molar-refractivity contribution in [1.82, 2.24) is 15.1 Å². The predicted molar refractivity (Wildman–Crippen MR) is 64.8 cm³/mol. The van der Waals surface area contributed by atoms with Crippen molar-refractivity contribution in [3.05, 3.63) is 0 Å². The van der Waals surface area contributed by atoms with Crippen LogP contribution >= 0.6 is 0 Å². The van der Waals surface area contributed by atoms with Crippen LogP contribution in [0.15, 0.2) is 0 Å². The Bertz CT molecular complexity index is 405. The van der Waals surface area contributed by atoms with E-state index in [9.17, 15) is 19.2 Å². The van der Waals surface area contributed by atoms with Crippen LogP contribution in [0.1, 0.15) is 25.7 Å². The molecule has 0 unspecified atom stereocenters. The van der Waals surface area contributed by atoms with Crippen LogP contribution < -0.4 is 5.32 Å². The summed E-state index contributed by atoms with van der Waals surface area (Å²) in [5.41, 5.74) is 0. The zero-order valence-electron chi connectivity index (χ0n) is 10.7. The van der Waals surface area contributed by atoms with Crippen molar-refractivity contribution < 1.29 is 19.2 Å². The molecule has 2 saturated heterocycles. The number of likely N-dealkylation sites (tertiary alicyclic amines) is 1. The van der Waals surface area contributed by atoms with E-state index in [1.165, 1.54) is 0 Å². The van der Waals surface area contributed by atoms with Crippen molar-refractivity contribution in [1.29, 1.82) is 0 Å². The van der Waals surface area contributed by atoms with E-state index in [2.05, 4.69) is 5.32 Å². The Hall–Kier alpha value is -1.92. The van der Waals surface area contributed by atoms with E-state index >= 15 is 0 Å². The fraction of sp³-hybridized carbons (Fsp3) is 0.667. The quantitative estimate of drug-likeness (QED) is 0.656. The molecular weight excluding hydrogens is 250 g/mol. The van der Waals surface area contributed by atoms with E-state index in [0.29, 0.717) is 26.1 Å². The average molecular weight is 267 g/mol. The summed E-state index contributed by atoms with van der Waals surface area (Å²) < 4.78 is 0. The zero-order chi connectivity index (χ0) is 13.8. The fourth-order valence-electron chi connectivity index (χ4n) is 2.25. The summed E-state index contributed by atoms with van der Waals surface area (Å²) in [4.78, 5) is 48.7. The Morgan fingerprint density at radius 1 is 1.05 bits per heavy atom. The molecule has 7 nitrogen and oxygen atoms in total. The third-order valence-electron chi connectivity index (χ3n) is 3.37. The number of rotatable bonds is 3. The molecule has 1 N–H and O–H groups in total. The molecule has 4 amide bonds. The largest absolute Gasteiger partial charge is 0.354 e. The Morgan fingerprint density at radius 3 is 2.42 bits per heavy atom. The average Bonchev–Trinajstić information content (AvgIpc) is 2.58. The number of nitrogens with one attached hydrogen (secondary N) is 1. The molecule has 0 aliphatic carbocycles. The maximum atomic E-state index is 12.0. The van der Waals surface area contributed by atoms with Crippen LogP contribution in [0.3, 0.4) is 0 Å². The second-order valence-corrected chi connectivity index (χ2v) is 4.67. The molecular formula is C12H17N3O4. The van der Waals surface area contributed by atoms with E-state index in [-0.39, 0.29) is 49.4 Å². The van der Waals surface area contributed by atoms with Gasteiger partial charge in [0.25, 0.3) is 0 Å². The number of imide groups is 1. The van der Waals surface area contributed by atoms with Gasteiger partial charge in [-0.1, -0.05) is 0 Å². The van der Waals surface area contributed by atoms with Crippen molar-refractivity contribution in [2.24, 2.45) is 0 Å². The third-order valence-corrected chi connectivity index (χ3v) is 3.37. The molecule has 0 aromatic rings. The monoisotopic (exact) mass is 267 g/mol. The van der Waals surface area contributed by atoms with Gasteiger partial charge >= 0.3 is 0 Å². The van der Waals surface area contributed by atoms with Crippen molar-refractivity contribution in [2.75, 3.05) is 26.2 Å². The maximum absolute atomic E-state index is 12.0. The van der Waals surface area contributed by atoms with Gasteiger partial charge < -0.3 is 10.2 Å². The fourth-order valence-corrected chi connectivity index (χ4v) is 2.25. The first-order valence-electron chi connectivity index (χ1n) is 6.45. The van der Waals surface area contributed by atoms with Gasteiger partial charge in [0.1, 0.15) is 0 Å². The third kappa shape index (κ3) is 3.30. The van der Waals surface area contributed by atoms with Crippen LogP contribution in [0.25, 0.3) is 0 Å². The molecule has 0 spiro atoms. The van der Waals surface area contributed by atoms with Crippen LogP contribution in [0, 0.1) is 0 Å². The lowest BCUT2D eigenvalue weighted by Gasteiger charge is -2.21. The minimum Gasteiger partial charge on any atom is -0.354 e. The van der Waals surface area contributed by atoms with Gasteiger partial charge in [0.05, 0.1) is 0 Å². The van der Waals surface area contributed by atoms with Gasteiger partial charge in [-0.25, -0.2) is 0 Å². The lowest BCUT2D eigenvalue weighted by Crippen LogP contribution is -2.38. The molecule has 7 heteroatoms. The second kappa shape index (κ2) is 5.81. The van der Waals surface area contributed by atoms with Crippen molar-refractivity contribution in [2.45, 2.75) is 25.7 Å². The molecule has 2 aliphatic heterocycles. The Morgan fingerprint density at radius 2 is 1.74 bits per heavy atom. The Kier molecular flexibility index (Phi) is 4.13. The standard InChI is InChI=1S/C12H17N3O4/c16-9-3-6-14(8-5-13-9)10(17)4-7-15-11(18)1-2-12(15)19/h1-8H2,(H,13,16). The van der Waals surface area contributed by atoms with E-state index in [4.69, 9.17) is 0 Å². The molecule has 0 radical (unpaired) electrons. The van der Waals surface area contributed by atoms with Crippen LogP contribution in [0.5, 0.6) is 0 Å². The topological polar surface area (TPSA) is 86.8 Å². The highest BCUT2D eigenvalue weighted by molar-refractivity contribution is 6.02. The normalized spacial score (nSPS) is 20.5. The SMILES string of the molecule is O=C1CCN(C(=O)CCN2C(=O)CCC2=O)CCN1. The van der Waals surface area contributed by atoms with Gasteiger partial charge in [-0.15, -0.1) is 0 Å². The molecule has 104 valence electrons. The van der Waals surface area contributed by atoms with Crippen molar-refractivity contribution in [3.8, 4) is 0 Å². The molecule has 0 saturated carbocycles. The molecule has 2 rings (SSSR count). The number of carbonyl (C=O) groups is 4. The van der Waals surface area contributed by atoms with Gasteiger partial charge in [-0.3, -0.25) is 24.1 Å². The molecule has 19 heavy (non-hydrogen) atoms. The summed E-state index contributed by atoms with van der Waals surface area (Å²) in [5.74, 6) is -0.583. The summed E-state index contributed by atoms with van der Waals surface area (Å²) in [6, 6.07) is 0. The highest BCUT2D eigenvalue weighted by atomic mass is 16.2. The van der Waals surface area contributed by atoms with Gasteiger partial charge in [-0.05, 0) is 0 Å². The highest BCUT2D eigenvalue weighted by Crippen LogP contribution is 2.12. The maximum Gasteiger partial charge on any atom is 0.229 e. The number of hydrogen-bond acceptors (Lipinski definition) is 4. The van der Waals surface area contributed by atoms with Crippen LogP contribution in [0.2, 0.25) is 0 Å². The molecule has 0 atom stereocenters. The Balaban J connectivity index is 1.82. The minimum absolute atomic E-state index is 0.0554. The van der Waals surface area contributed by atoms with Gasteiger partial charge in [0.15, 0.2) is 0 Å². The first-order valence-corrected chi connectivity index (χ1v) is 6.45. The van der Waals surface area contributed by atoms with Crippen LogP contribution in [0.4, 0.5) is 0 Å². The minimum atomic E-state index is -0.203. The molecule has 0 bridgehead atoms. The van der Waals surface area contributed by atoms with E-state index in [0.717, 1.165) is 4.90 Å². The van der Waals surface area contributed by atoms with E-state index in [1.807, 2.05) is 0 Å². The van der Waals surface area contributed by atoms with E-state index in [1.54, 1.807) is 4.90 Å². The van der Waals surface area contributed by atoms with Crippen molar-refractivity contribution in [3.63, 3.8) is 0 Å². The number of nitrogens with zero attached hydrogens (tertiary/aromatic N) is 2. The summed E-state index contributed by atoms with van der Waals surface area (Å²) in [5, 5.41) is 2.69. The molecule has 2 aliphatic rings. The van der Waals surface area contributed by atoms with Crippen LogP contribution in [-0.4, -0.2) is 59.6 Å². The number of amides is 4. The lowest BCUT2D eigenvalue weighted by atomic mass is 10.3. The molecule has 2 fully saturated rings. The Labute approximate surface area is 110 Å². The first kappa shape index (κ1) is 13.5. The summed E-state index contributed by atoms with van der Waals surface area (Å²) in [7, 11) is 0. The van der Waals surface area contributed by atoms with Gasteiger partial charge in [0, 0.05) is 51.9 Å². The molecule has 2 heterocycles. The summed E-state index contributed by atoms with van der Waals surface area (Å²) in [6.45, 7) is 1.47. The second-order valence-electron chi connectivity index (χ2n) is 4.67. The molecule has 0 aromatic heterocycles. The summed E-state index contributed by atoms with van der Waals surface area (Å²) in [6.07, 6.45) is 0.920. The zero-order valence-corrected chi connectivity index (χ0v) is 10.7. The van der Waals surface area contributed by atoms with Gasteiger partial charge in [0.2, 0.25) is 23.6 Å². The summed E-state index contributed by atoms with van der Waals surface area (Å²) >= 11 is 0. The highest BCUT2D eigenvalue weighted by Gasteiger charge is 2.29. The lowest BCUT2D eigenvalue weighted by molar-refractivity contribution is -0.139. The molecule has 0 aromatic carbocycles. The first-order chi connectivity index (χ1) is 9.08. The predicted octanol–water partition coefficient (Wildman–Crippen LogP) is -1.13. The van der Waals surface area contributed by atoms with Gasteiger partial charge in [-0.2, -0.15) is 0 Å². The van der Waals surface area contributed by atoms with Crippen LogP contribution in [-0.2, 0) is 19.2 Å².